The Kier molecular flexibility index (Phi) is 3.38. The minimum atomic E-state index is -0.750. The van der Waals surface area contributed by atoms with Gasteiger partial charge in [-0.05, 0) is 11.6 Å². The molecule has 0 amide bonds. The zero-order valence-electron chi connectivity index (χ0n) is 9.84. The van der Waals surface area contributed by atoms with E-state index in [0.717, 1.165) is 12.1 Å². The van der Waals surface area contributed by atoms with Gasteiger partial charge < -0.3 is 5.11 Å². The summed E-state index contributed by atoms with van der Waals surface area (Å²) >= 11 is 0. The summed E-state index contributed by atoms with van der Waals surface area (Å²) in [4.78, 5) is 11.0. The first-order valence-electron chi connectivity index (χ1n) is 5.70. The molecule has 0 unspecified atom stereocenters. The molecule has 1 aromatic carbocycles. The molecule has 0 bridgehead atoms. The van der Waals surface area contributed by atoms with Crippen molar-refractivity contribution in [3.8, 4) is 0 Å². The Labute approximate surface area is 101 Å². The lowest BCUT2D eigenvalue weighted by Crippen LogP contribution is -2.22. The molecule has 1 heterocycles. The fourth-order valence-electron chi connectivity index (χ4n) is 1.97. The summed E-state index contributed by atoms with van der Waals surface area (Å²) in [6.07, 6.45) is 5.15. The molecule has 0 aliphatic carbocycles. The average Bonchev–Trinajstić information content (AvgIpc) is 2.33. The van der Waals surface area contributed by atoms with Crippen LogP contribution in [0.3, 0.4) is 0 Å². The molecule has 1 aromatic rings. The van der Waals surface area contributed by atoms with Crippen molar-refractivity contribution in [3.63, 3.8) is 0 Å². The van der Waals surface area contributed by atoms with E-state index in [4.69, 9.17) is 5.11 Å². The van der Waals surface area contributed by atoms with Gasteiger partial charge in [0.1, 0.15) is 13.3 Å². The lowest BCUT2D eigenvalue weighted by atomic mass is 9.99. The molecule has 88 valence electrons. The van der Waals surface area contributed by atoms with Gasteiger partial charge in [-0.15, -0.1) is 0 Å². The molecule has 1 atom stereocenters. The quantitative estimate of drug-likeness (QED) is 0.806. The molecule has 1 aliphatic heterocycles. The number of rotatable bonds is 3. The van der Waals surface area contributed by atoms with E-state index in [1.54, 1.807) is 0 Å². The Balaban J connectivity index is 2.18. The van der Waals surface area contributed by atoms with E-state index >= 15 is 0 Å². The lowest BCUT2D eigenvalue weighted by molar-refractivity contribution is -0.444. The number of likely N-dealkylation sites (N-methyl/N-ethyl adjacent to an activating group) is 1. The van der Waals surface area contributed by atoms with Gasteiger partial charge in [0.05, 0.1) is 12.3 Å². The molecule has 0 aromatic heterocycles. The van der Waals surface area contributed by atoms with Crippen LogP contribution >= 0.6 is 0 Å². The highest BCUT2D eigenvalue weighted by Crippen LogP contribution is 2.17. The van der Waals surface area contributed by atoms with Crippen molar-refractivity contribution in [1.29, 1.82) is 0 Å². The molecule has 1 aliphatic rings. The van der Waals surface area contributed by atoms with Crippen LogP contribution in [-0.4, -0.2) is 28.9 Å². The summed E-state index contributed by atoms with van der Waals surface area (Å²) in [6.45, 7) is 0. The van der Waals surface area contributed by atoms with Crippen molar-refractivity contribution in [2.24, 2.45) is 5.92 Å². The molecule has 3 nitrogen and oxygen atoms in total. The standard InChI is InChI=1S/C14H15NO2/c1-15-8-7-12(14(16)17)10-13(15)9-11-5-3-2-4-6-11/h2-6,8,10,12H,7,9H2,1H3/p+1/t12-/m1/s1. The van der Waals surface area contributed by atoms with E-state index in [9.17, 15) is 4.79 Å². The van der Waals surface area contributed by atoms with Gasteiger partial charge in [-0.2, -0.15) is 0 Å². The van der Waals surface area contributed by atoms with Crippen LogP contribution in [0.4, 0.5) is 0 Å². The smallest absolute Gasteiger partial charge is 0.311 e. The highest BCUT2D eigenvalue weighted by molar-refractivity contribution is 5.76. The normalized spacial score (nSPS) is 19.5. The molecular formula is C14H16NO2+. The SMILES string of the molecule is C[N+]1=CC[C@@H](C(=O)O)C=C1Cc1ccccc1. The predicted octanol–water partition coefficient (Wildman–Crippen LogP) is 1.93. The van der Waals surface area contributed by atoms with E-state index in [1.165, 1.54) is 5.56 Å². The van der Waals surface area contributed by atoms with Crippen LogP contribution in [0.15, 0.2) is 42.1 Å². The Morgan fingerprint density at radius 3 is 2.76 bits per heavy atom. The van der Waals surface area contributed by atoms with E-state index in [-0.39, 0.29) is 5.92 Å². The van der Waals surface area contributed by atoms with Gasteiger partial charge in [-0.1, -0.05) is 30.3 Å². The third-order valence-electron chi connectivity index (χ3n) is 3.03. The molecule has 0 fully saturated rings. The summed E-state index contributed by atoms with van der Waals surface area (Å²) in [5.74, 6) is -1.13. The van der Waals surface area contributed by atoms with Gasteiger partial charge in [-0.3, -0.25) is 4.79 Å². The molecule has 1 N–H and O–H groups in total. The summed E-state index contributed by atoms with van der Waals surface area (Å²) in [7, 11) is 1.97. The number of aliphatic carboxylic acids is 1. The van der Waals surface area contributed by atoms with E-state index in [0.29, 0.717) is 6.42 Å². The van der Waals surface area contributed by atoms with Crippen LogP contribution in [0, 0.1) is 5.92 Å². The second kappa shape index (κ2) is 4.95. The van der Waals surface area contributed by atoms with Crippen LogP contribution in [0.25, 0.3) is 0 Å². The van der Waals surface area contributed by atoms with Crippen LogP contribution in [0.1, 0.15) is 12.0 Å². The lowest BCUT2D eigenvalue weighted by Gasteiger charge is -2.12. The molecule has 0 saturated carbocycles. The van der Waals surface area contributed by atoms with Crippen LogP contribution in [-0.2, 0) is 11.2 Å². The van der Waals surface area contributed by atoms with Crippen molar-refractivity contribution >= 4 is 12.2 Å². The van der Waals surface area contributed by atoms with Crippen molar-refractivity contribution in [2.45, 2.75) is 12.8 Å². The maximum Gasteiger partial charge on any atom is 0.311 e. The number of hydrogen-bond acceptors (Lipinski definition) is 1. The number of carbonyl (C=O) groups is 1. The first-order chi connectivity index (χ1) is 8.16. The van der Waals surface area contributed by atoms with Gasteiger partial charge in [0.15, 0.2) is 5.70 Å². The van der Waals surface area contributed by atoms with Gasteiger partial charge >= 0.3 is 5.97 Å². The molecule has 0 spiro atoms. The number of benzene rings is 1. The summed E-state index contributed by atoms with van der Waals surface area (Å²) in [5.41, 5.74) is 2.25. The molecule has 2 rings (SSSR count). The van der Waals surface area contributed by atoms with Gasteiger partial charge in [0, 0.05) is 6.42 Å². The first-order valence-corrected chi connectivity index (χ1v) is 5.70. The maximum atomic E-state index is 11.0. The van der Waals surface area contributed by atoms with Crippen LogP contribution in [0.5, 0.6) is 0 Å². The van der Waals surface area contributed by atoms with Crippen molar-refractivity contribution in [1.82, 2.24) is 0 Å². The molecule has 0 radical (unpaired) electrons. The number of carboxylic acid groups (broad SMARTS) is 1. The summed E-state index contributed by atoms with van der Waals surface area (Å²) < 4.78 is 2.02. The zero-order valence-corrected chi connectivity index (χ0v) is 9.84. The maximum absolute atomic E-state index is 11.0. The molecule has 0 saturated heterocycles. The first kappa shape index (κ1) is 11.6. The highest BCUT2D eigenvalue weighted by Gasteiger charge is 2.24. The van der Waals surface area contributed by atoms with Gasteiger partial charge in [0.2, 0.25) is 0 Å². The number of allylic oxidation sites excluding steroid dienone is 1. The van der Waals surface area contributed by atoms with Crippen LogP contribution < -0.4 is 0 Å². The van der Waals surface area contributed by atoms with Crippen molar-refractivity contribution < 1.29 is 14.5 Å². The largest absolute Gasteiger partial charge is 0.481 e. The second-order valence-electron chi connectivity index (χ2n) is 4.29. The highest BCUT2D eigenvalue weighted by atomic mass is 16.4. The van der Waals surface area contributed by atoms with E-state index < -0.39 is 5.97 Å². The van der Waals surface area contributed by atoms with E-state index in [2.05, 4.69) is 12.1 Å². The fraction of sp³-hybridized carbons (Fsp3) is 0.286. The predicted molar refractivity (Wildman–Crippen MR) is 66.2 cm³/mol. The Bertz CT molecular complexity index is 474. The molecule has 17 heavy (non-hydrogen) atoms. The summed E-state index contributed by atoms with van der Waals surface area (Å²) in [6, 6.07) is 10.1. The topological polar surface area (TPSA) is 40.3 Å². The number of nitrogens with zero attached hydrogens (tertiary/aromatic N) is 1. The van der Waals surface area contributed by atoms with Crippen molar-refractivity contribution in [2.75, 3.05) is 7.05 Å². The third kappa shape index (κ3) is 2.81. The second-order valence-corrected chi connectivity index (χ2v) is 4.29. The van der Waals surface area contributed by atoms with Crippen molar-refractivity contribution in [3.05, 3.63) is 47.7 Å². The van der Waals surface area contributed by atoms with Crippen LogP contribution in [0.2, 0.25) is 0 Å². The minimum Gasteiger partial charge on any atom is -0.481 e. The Morgan fingerprint density at radius 1 is 1.41 bits per heavy atom. The van der Waals surface area contributed by atoms with E-state index in [1.807, 2.05) is 42.1 Å². The minimum absolute atomic E-state index is 0.384. The Hall–Kier alpha value is -1.90. The zero-order chi connectivity index (χ0) is 12.3. The Morgan fingerprint density at radius 2 is 2.12 bits per heavy atom. The fourth-order valence-corrected chi connectivity index (χ4v) is 1.97. The number of hydrogen-bond donors (Lipinski definition) is 1. The monoisotopic (exact) mass is 230 g/mol. The average molecular weight is 230 g/mol. The third-order valence-corrected chi connectivity index (χ3v) is 3.03. The summed E-state index contributed by atoms with van der Waals surface area (Å²) in [5, 5.41) is 9.03. The van der Waals surface area contributed by atoms with Gasteiger partial charge in [0.25, 0.3) is 0 Å². The van der Waals surface area contributed by atoms with Gasteiger partial charge in [-0.25, -0.2) is 4.58 Å². The number of carboxylic acids is 1. The molecular weight excluding hydrogens is 214 g/mol. The molecule has 3 heteroatoms.